The molecule has 1 aromatic carbocycles. The number of rotatable bonds is 9. The van der Waals surface area contributed by atoms with Crippen LogP contribution in [0.25, 0.3) is 0 Å². The average molecular weight is 269 g/mol. The Morgan fingerprint density at radius 2 is 1.68 bits per heavy atom. The lowest BCUT2D eigenvalue weighted by Gasteiger charge is -2.14. The number of benzene rings is 1. The number of nitrogens with one attached hydrogen (secondary N) is 1. The number of hydrogen-bond acceptors (Lipinski definition) is 1. The third kappa shape index (κ3) is 6.15. The highest BCUT2D eigenvalue weighted by Crippen LogP contribution is 2.16. The highest BCUT2D eigenvalue weighted by Gasteiger charge is 2.08. The van der Waals surface area contributed by atoms with Crippen molar-refractivity contribution in [3.63, 3.8) is 0 Å². The normalized spacial score (nSPS) is 12.6. The summed E-state index contributed by atoms with van der Waals surface area (Å²) in [5.74, 6) is -1.56. The van der Waals surface area contributed by atoms with Crippen molar-refractivity contribution >= 4 is 0 Å². The molecule has 1 rings (SSSR count). The number of halogens is 2. The molecular weight excluding hydrogens is 244 g/mol. The van der Waals surface area contributed by atoms with Crippen LogP contribution in [0.2, 0.25) is 0 Å². The van der Waals surface area contributed by atoms with E-state index >= 15 is 0 Å². The van der Waals surface area contributed by atoms with Crippen LogP contribution in [0.1, 0.15) is 64.0 Å². The van der Waals surface area contributed by atoms with Crippen molar-refractivity contribution in [1.82, 2.24) is 5.32 Å². The Hall–Kier alpha value is -0.960. The number of unbranched alkanes of at least 4 members (excludes halogenated alkanes) is 5. The lowest BCUT2D eigenvalue weighted by molar-refractivity contribution is 0.496. The quantitative estimate of drug-likeness (QED) is 0.624. The van der Waals surface area contributed by atoms with Crippen LogP contribution in [0.4, 0.5) is 8.78 Å². The topological polar surface area (TPSA) is 12.0 Å². The smallest absolute Gasteiger partial charge is 0.159 e. The third-order valence-corrected chi connectivity index (χ3v) is 3.42. The van der Waals surface area contributed by atoms with Crippen LogP contribution in [0.15, 0.2) is 18.2 Å². The monoisotopic (exact) mass is 269 g/mol. The Labute approximate surface area is 115 Å². The van der Waals surface area contributed by atoms with Crippen molar-refractivity contribution in [3.05, 3.63) is 35.4 Å². The second-order valence-electron chi connectivity index (χ2n) is 5.12. The highest BCUT2D eigenvalue weighted by atomic mass is 19.2. The standard InChI is InChI=1S/C16H25F2N/c1-3-4-5-6-7-8-11-19-13(2)14-9-10-15(17)16(18)12-14/h9-10,12-13,19H,3-8,11H2,1-2H3. The van der Waals surface area contributed by atoms with Gasteiger partial charge in [-0.05, 0) is 37.6 Å². The van der Waals surface area contributed by atoms with E-state index in [4.69, 9.17) is 0 Å². The Morgan fingerprint density at radius 3 is 2.37 bits per heavy atom. The first kappa shape index (κ1) is 16.1. The predicted octanol–water partition coefficient (Wildman–Crippen LogP) is 4.98. The highest BCUT2D eigenvalue weighted by molar-refractivity contribution is 5.20. The Bertz CT molecular complexity index is 366. The molecule has 0 aromatic heterocycles. The molecule has 19 heavy (non-hydrogen) atoms. The van der Waals surface area contributed by atoms with Gasteiger partial charge in [-0.3, -0.25) is 0 Å². The number of hydrogen-bond donors (Lipinski definition) is 1. The Morgan fingerprint density at radius 1 is 1.00 bits per heavy atom. The van der Waals surface area contributed by atoms with Gasteiger partial charge in [0.2, 0.25) is 0 Å². The van der Waals surface area contributed by atoms with E-state index in [1.165, 1.54) is 44.2 Å². The van der Waals surface area contributed by atoms with Gasteiger partial charge in [0.1, 0.15) is 0 Å². The second-order valence-corrected chi connectivity index (χ2v) is 5.12. The van der Waals surface area contributed by atoms with Gasteiger partial charge in [0, 0.05) is 6.04 Å². The SMILES string of the molecule is CCCCCCCCNC(C)c1ccc(F)c(F)c1. The van der Waals surface area contributed by atoms with Crippen molar-refractivity contribution in [2.45, 2.75) is 58.4 Å². The molecule has 1 atom stereocenters. The van der Waals surface area contributed by atoms with Crippen molar-refractivity contribution in [1.29, 1.82) is 0 Å². The van der Waals surface area contributed by atoms with Crippen LogP contribution in [-0.4, -0.2) is 6.54 Å². The molecule has 1 aromatic rings. The molecule has 0 aliphatic rings. The minimum absolute atomic E-state index is 0.0609. The summed E-state index contributed by atoms with van der Waals surface area (Å²) in [5, 5.41) is 3.35. The summed E-state index contributed by atoms with van der Waals surface area (Å²) in [6.07, 6.45) is 7.56. The summed E-state index contributed by atoms with van der Waals surface area (Å²) >= 11 is 0. The van der Waals surface area contributed by atoms with Gasteiger partial charge in [0.15, 0.2) is 11.6 Å². The first-order valence-electron chi connectivity index (χ1n) is 7.33. The van der Waals surface area contributed by atoms with Crippen molar-refractivity contribution in [3.8, 4) is 0 Å². The molecule has 0 amide bonds. The molecule has 1 unspecified atom stereocenters. The van der Waals surface area contributed by atoms with Gasteiger partial charge >= 0.3 is 0 Å². The average Bonchev–Trinajstić information content (AvgIpc) is 2.40. The van der Waals surface area contributed by atoms with Crippen LogP contribution in [0.3, 0.4) is 0 Å². The summed E-state index contributed by atoms with van der Waals surface area (Å²) in [4.78, 5) is 0. The Balaban J connectivity index is 2.20. The lowest BCUT2D eigenvalue weighted by Crippen LogP contribution is -2.20. The van der Waals surface area contributed by atoms with Gasteiger partial charge in [-0.1, -0.05) is 45.1 Å². The summed E-state index contributed by atoms with van der Waals surface area (Å²) in [5.41, 5.74) is 0.796. The van der Waals surface area contributed by atoms with Crippen LogP contribution in [0, 0.1) is 11.6 Å². The molecule has 0 fully saturated rings. The molecule has 1 nitrogen and oxygen atoms in total. The molecule has 0 heterocycles. The van der Waals surface area contributed by atoms with E-state index < -0.39 is 11.6 Å². The fourth-order valence-corrected chi connectivity index (χ4v) is 2.12. The van der Waals surface area contributed by atoms with Crippen LogP contribution >= 0.6 is 0 Å². The predicted molar refractivity (Wildman–Crippen MR) is 76.2 cm³/mol. The fraction of sp³-hybridized carbons (Fsp3) is 0.625. The van der Waals surface area contributed by atoms with E-state index in [0.29, 0.717) is 0 Å². The summed E-state index contributed by atoms with van der Waals surface area (Å²) in [6.45, 7) is 5.11. The molecule has 0 saturated heterocycles. The maximum Gasteiger partial charge on any atom is 0.159 e. The van der Waals surface area contributed by atoms with Gasteiger partial charge in [-0.2, -0.15) is 0 Å². The first-order chi connectivity index (χ1) is 9.15. The first-order valence-corrected chi connectivity index (χ1v) is 7.33. The molecule has 108 valence electrons. The van der Waals surface area contributed by atoms with E-state index in [0.717, 1.165) is 18.5 Å². The van der Waals surface area contributed by atoms with E-state index in [1.54, 1.807) is 6.07 Å². The third-order valence-electron chi connectivity index (χ3n) is 3.42. The zero-order chi connectivity index (χ0) is 14.1. The lowest BCUT2D eigenvalue weighted by atomic mass is 10.1. The largest absolute Gasteiger partial charge is 0.310 e. The molecule has 0 aliphatic heterocycles. The van der Waals surface area contributed by atoms with E-state index in [2.05, 4.69) is 12.2 Å². The van der Waals surface area contributed by atoms with Crippen molar-refractivity contribution in [2.75, 3.05) is 6.54 Å². The molecular formula is C16H25F2N. The molecule has 0 spiro atoms. The van der Waals surface area contributed by atoms with Gasteiger partial charge in [-0.15, -0.1) is 0 Å². The van der Waals surface area contributed by atoms with E-state index in [9.17, 15) is 8.78 Å². The van der Waals surface area contributed by atoms with Crippen molar-refractivity contribution < 1.29 is 8.78 Å². The minimum Gasteiger partial charge on any atom is -0.310 e. The molecule has 0 saturated carbocycles. The Kier molecular flexibility index (Phi) is 7.65. The van der Waals surface area contributed by atoms with Crippen LogP contribution in [0.5, 0.6) is 0 Å². The zero-order valence-electron chi connectivity index (χ0n) is 12.0. The minimum atomic E-state index is -0.785. The molecule has 1 N–H and O–H groups in total. The summed E-state index contributed by atoms with van der Waals surface area (Å²) in [7, 11) is 0. The van der Waals surface area contributed by atoms with Gasteiger partial charge < -0.3 is 5.32 Å². The van der Waals surface area contributed by atoms with Gasteiger partial charge in [0.05, 0.1) is 0 Å². The zero-order valence-corrected chi connectivity index (χ0v) is 12.0. The second kappa shape index (κ2) is 9.03. The van der Waals surface area contributed by atoms with Gasteiger partial charge in [-0.25, -0.2) is 8.78 Å². The van der Waals surface area contributed by atoms with E-state index in [1.807, 2.05) is 6.92 Å². The summed E-state index contributed by atoms with van der Waals surface area (Å²) < 4.78 is 25.9. The maximum atomic E-state index is 13.1. The molecule has 0 bridgehead atoms. The van der Waals surface area contributed by atoms with Crippen LogP contribution in [-0.2, 0) is 0 Å². The van der Waals surface area contributed by atoms with Crippen LogP contribution < -0.4 is 5.32 Å². The maximum absolute atomic E-state index is 13.1. The van der Waals surface area contributed by atoms with Crippen molar-refractivity contribution in [2.24, 2.45) is 0 Å². The molecule has 0 aliphatic carbocycles. The summed E-state index contributed by atoms with van der Waals surface area (Å²) in [6, 6.07) is 4.16. The molecule has 3 heteroatoms. The fourth-order valence-electron chi connectivity index (χ4n) is 2.12. The molecule has 0 radical (unpaired) electrons. The van der Waals surface area contributed by atoms with Gasteiger partial charge in [0.25, 0.3) is 0 Å². The van der Waals surface area contributed by atoms with E-state index in [-0.39, 0.29) is 6.04 Å².